The van der Waals surface area contributed by atoms with E-state index in [1.54, 1.807) is 19.2 Å². The zero-order valence-electron chi connectivity index (χ0n) is 12.1. The number of methoxy groups -OCH3 is 1. The highest BCUT2D eigenvalue weighted by atomic mass is 127. The van der Waals surface area contributed by atoms with E-state index in [0.29, 0.717) is 10.7 Å². The van der Waals surface area contributed by atoms with Gasteiger partial charge in [-0.2, -0.15) is 0 Å². The highest BCUT2D eigenvalue weighted by molar-refractivity contribution is 14.1. The Morgan fingerprint density at radius 2 is 1.78 bits per heavy atom. The molecule has 0 atom stereocenters. The SMILES string of the molecule is COc1ccc(-c2nnc(NC(=O)c3ccc(I)cc3)s2)cc1. The van der Waals surface area contributed by atoms with Crippen molar-refractivity contribution in [3.8, 4) is 16.3 Å². The standard InChI is InChI=1S/C16H12IN3O2S/c1-22-13-8-4-11(5-9-13)15-19-20-16(23-15)18-14(21)10-2-6-12(17)7-3-10/h2-9H,1H3,(H,18,20,21). The summed E-state index contributed by atoms with van der Waals surface area (Å²) in [5.41, 5.74) is 1.52. The number of hydrogen-bond acceptors (Lipinski definition) is 5. The molecule has 0 unspecified atom stereocenters. The van der Waals surface area contributed by atoms with Crippen LogP contribution in [0.1, 0.15) is 10.4 Å². The third-order valence-corrected chi connectivity index (χ3v) is 4.70. The first kappa shape index (κ1) is 15.9. The van der Waals surface area contributed by atoms with Crippen LogP contribution in [0.4, 0.5) is 5.13 Å². The monoisotopic (exact) mass is 437 g/mol. The van der Waals surface area contributed by atoms with Gasteiger partial charge in [-0.05, 0) is 71.1 Å². The lowest BCUT2D eigenvalue weighted by molar-refractivity contribution is 0.102. The number of carbonyl (C=O) groups is 1. The summed E-state index contributed by atoms with van der Waals surface area (Å²) in [5.74, 6) is 0.587. The van der Waals surface area contributed by atoms with Gasteiger partial charge in [-0.3, -0.25) is 10.1 Å². The van der Waals surface area contributed by atoms with Gasteiger partial charge in [0.15, 0.2) is 0 Å². The van der Waals surface area contributed by atoms with E-state index in [-0.39, 0.29) is 5.91 Å². The fourth-order valence-corrected chi connectivity index (χ4v) is 3.00. The Kier molecular flexibility index (Phi) is 4.87. The molecule has 0 fully saturated rings. The first-order valence-electron chi connectivity index (χ1n) is 6.70. The summed E-state index contributed by atoms with van der Waals surface area (Å²) in [6.45, 7) is 0. The molecule has 1 N–H and O–H groups in total. The number of aromatic nitrogens is 2. The van der Waals surface area contributed by atoms with E-state index in [1.807, 2.05) is 36.4 Å². The second-order valence-corrected chi connectivity index (χ2v) is 6.83. The van der Waals surface area contributed by atoms with Gasteiger partial charge in [0, 0.05) is 14.7 Å². The van der Waals surface area contributed by atoms with Gasteiger partial charge in [-0.25, -0.2) is 0 Å². The van der Waals surface area contributed by atoms with Crippen molar-refractivity contribution in [1.29, 1.82) is 0 Å². The minimum atomic E-state index is -0.196. The van der Waals surface area contributed by atoms with Gasteiger partial charge in [0.05, 0.1) is 7.11 Å². The molecule has 0 saturated heterocycles. The summed E-state index contributed by atoms with van der Waals surface area (Å²) in [4.78, 5) is 12.2. The molecule has 5 nitrogen and oxygen atoms in total. The molecule has 0 aliphatic heterocycles. The number of halogens is 1. The van der Waals surface area contributed by atoms with Crippen LogP contribution >= 0.6 is 33.9 Å². The average molecular weight is 437 g/mol. The molecule has 1 heterocycles. The molecule has 0 spiro atoms. The maximum Gasteiger partial charge on any atom is 0.257 e. The smallest absolute Gasteiger partial charge is 0.257 e. The van der Waals surface area contributed by atoms with Crippen LogP contribution in [0.25, 0.3) is 10.6 Å². The van der Waals surface area contributed by atoms with Crippen LogP contribution in [0.15, 0.2) is 48.5 Å². The molecule has 2 aromatic carbocycles. The van der Waals surface area contributed by atoms with Gasteiger partial charge in [0.2, 0.25) is 5.13 Å². The summed E-state index contributed by atoms with van der Waals surface area (Å²) < 4.78 is 6.21. The van der Waals surface area contributed by atoms with E-state index in [1.165, 1.54) is 11.3 Å². The maximum absolute atomic E-state index is 12.2. The van der Waals surface area contributed by atoms with E-state index in [2.05, 4.69) is 38.1 Å². The van der Waals surface area contributed by atoms with Crippen molar-refractivity contribution in [2.75, 3.05) is 12.4 Å². The number of ether oxygens (including phenoxy) is 1. The van der Waals surface area contributed by atoms with E-state index in [0.717, 1.165) is 19.9 Å². The fourth-order valence-electron chi connectivity index (χ4n) is 1.89. The molecular weight excluding hydrogens is 425 g/mol. The number of carbonyl (C=O) groups excluding carboxylic acids is 1. The van der Waals surface area contributed by atoms with Crippen LogP contribution < -0.4 is 10.1 Å². The molecular formula is C16H12IN3O2S. The Hall–Kier alpha value is -2.00. The van der Waals surface area contributed by atoms with Gasteiger partial charge >= 0.3 is 0 Å². The Bertz CT molecular complexity index is 816. The minimum absolute atomic E-state index is 0.196. The summed E-state index contributed by atoms with van der Waals surface area (Å²) in [5, 5.41) is 12.1. The molecule has 0 bridgehead atoms. The van der Waals surface area contributed by atoms with Crippen LogP contribution in [0, 0.1) is 3.57 Å². The van der Waals surface area contributed by atoms with Gasteiger partial charge in [-0.15, -0.1) is 10.2 Å². The van der Waals surface area contributed by atoms with Gasteiger partial charge in [0.1, 0.15) is 10.8 Å². The molecule has 0 saturated carbocycles. The lowest BCUT2D eigenvalue weighted by Crippen LogP contribution is -2.11. The number of nitrogens with one attached hydrogen (secondary N) is 1. The third kappa shape index (κ3) is 3.85. The number of anilines is 1. The normalized spacial score (nSPS) is 10.3. The van der Waals surface area contributed by atoms with Crippen LogP contribution in [-0.4, -0.2) is 23.2 Å². The van der Waals surface area contributed by atoms with E-state index >= 15 is 0 Å². The second kappa shape index (κ2) is 7.05. The van der Waals surface area contributed by atoms with E-state index in [9.17, 15) is 4.79 Å². The largest absolute Gasteiger partial charge is 0.497 e. The summed E-state index contributed by atoms with van der Waals surface area (Å²) in [6.07, 6.45) is 0. The number of rotatable bonds is 4. The fraction of sp³-hybridized carbons (Fsp3) is 0.0625. The Labute approximate surface area is 150 Å². The van der Waals surface area contributed by atoms with Crippen LogP contribution in [-0.2, 0) is 0 Å². The van der Waals surface area contributed by atoms with Crippen molar-refractivity contribution in [3.05, 3.63) is 57.7 Å². The molecule has 0 aliphatic carbocycles. The Balaban J connectivity index is 1.73. The highest BCUT2D eigenvalue weighted by Crippen LogP contribution is 2.28. The topological polar surface area (TPSA) is 64.1 Å². The van der Waals surface area contributed by atoms with Crippen molar-refractivity contribution >= 4 is 45.0 Å². The summed E-state index contributed by atoms with van der Waals surface area (Å²) >= 11 is 3.53. The van der Waals surface area contributed by atoms with Gasteiger partial charge in [-0.1, -0.05) is 11.3 Å². The molecule has 116 valence electrons. The Morgan fingerprint density at radius 3 is 2.43 bits per heavy atom. The highest BCUT2D eigenvalue weighted by Gasteiger charge is 2.11. The molecule has 23 heavy (non-hydrogen) atoms. The van der Waals surface area contributed by atoms with Crippen molar-refractivity contribution < 1.29 is 9.53 Å². The molecule has 1 aromatic heterocycles. The number of benzene rings is 2. The number of amides is 1. The van der Waals surface area contributed by atoms with Crippen LogP contribution in [0.5, 0.6) is 5.75 Å². The molecule has 3 rings (SSSR count). The van der Waals surface area contributed by atoms with Gasteiger partial charge < -0.3 is 4.74 Å². The molecule has 7 heteroatoms. The minimum Gasteiger partial charge on any atom is -0.497 e. The first-order chi connectivity index (χ1) is 11.2. The average Bonchev–Trinajstić information content (AvgIpc) is 3.04. The van der Waals surface area contributed by atoms with Crippen molar-refractivity contribution in [2.45, 2.75) is 0 Å². The number of nitrogens with zero attached hydrogens (tertiary/aromatic N) is 2. The quantitative estimate of drug-likeness (QED) is 0.626. The van der Waals surface area contributed by atoms with Gasteiger partial charge in [0.25, 0.3) is 5.91 Å². The predicted octanol–water partition coefficient (Wildman–Crippen LogP) is 4.07. The summed E-state index contributed by atoms with van der Waals surface area (Å²) in [7, 11) is 1.62. The molecule has 1 amide bonds. The van der Waals surface area contributed by atoms with Crippen molar-refractivity contribution in [2.24, 2.45) is 0 Å². The zero-order chi connectivity index (χ0) is 16.2. The van der Waals surface area contributed by atoms with E-state index < -0.39 is 0 Å². The Morgan fingerprint density at radius 1 is 1.09 bits per heavy atom. The lowest BCUT2D eigenvalue weighted by atomic mass is 10.2. The predicted molar refractivity (Wildman–Crippen MR) is 99.0 cm³/mol. The summed E-state index contributed by atoms with van der Waals surface area (Å²) in [6, 6.07) is 14.9. The van der Waals surface area contributed by atoms with Crippen molar-refractivity contribution in [3.63, 3.8) is 0 Å². The lowest BCUT2D eigenvalue weighted by Gasteiger charge is -2.01. The molecule has 0 radical (unpaired) electrons. The van der Waals surface area contributed by atoms with Crippen LogP contribution in [0.2, 0.25) is 0 Å². The zero-order valence-corrected chi connectivity index (χ0v) is 15.1. The first-order valence-corrected chi connectivity index (χ1v) is 8.60. The molecule has 3 aromatic rings. The van der Waals surface area contributed by atoms with E-state index in [4.69, 9.17) is 4.74 Å². The second-order valence-electron chi connectivity index (χ2n) is 4.60. The number of hydrogen-bond donors (Lipinski definition) is 1. The maximum atomic E-state index is 12.2. The van der Waals surface area contributed by atoms with Crippen LogP contribution in [0.3, 0.4) is 0 Å². The van der Waals surface area contributed by atoms with Crippen molar-refractivity contribution in [1.82, 2.24) is 10.2 Å². The molecule has 0 aliphatic rings. The third-order valence-electron chi connectivity index (χ3n) is 3.09.